The molecule has 3 unspecified atom stereocenters. The number of hydrazine groups is 1. The highest BCUT2D eigenvalue weighted by Gasteiger charge is 2.40. The molecule has 1 heterocycles. The lowest BCUT2D eigenvalue weighted by Gasteiger charge is -2.47. The van der Waals surface area contributed by atoms with Gasteiger partial charge in [-0.3, -0.25) is 25.1 Å². The van der Waals surface area contributed by atoms with E-state index in [2.05, 4.69) is 32.1 Å². The molecule has 0 bridgehead atoms. The molecule has 3 amide bonds. The molecule has 3 aliphatic rings. The van der Waals surface area contributed by atoms with Crippen LogP contribution in [0.5, 0.6) is 0 Å². The maximum Gasteiger partial charge on any atom is 0.254 e. The number of benzene rings is 1. The zero-order valence-corrected chi connectivity index (χ0v) is 21.6. The molecule has 1 aliphatic heterocycles. The molecule has 1 saturated heterocycles. The topological polar surface area (TPSA) is 123 Å². The molecule has 0 aromatic heterocycles. The van der Waals surface area contributed by atoms with Crippen molar-refractivity contribution in [1.29, 1.82) is 0 Å². The van der Waals surface area contributed by atoms with Gasteiger partial charge in [0.25, 0.3) is 17.7 Å². The molecular formula is C27H42N6O3. The first-order valence-corrected chi connectivity index (χ1v) is 13.7. The second kappa shape index (κ2) is 12.7. The van der Waals surface area contributed by atoms with Gasteiger partial charge in [0.1, 0.15) is 6.29 Å². The fourth-order valence-corrected chi connectivity index (χ4v) is 6.19. The summed E-state index contributed by atoms with van der Waals surface area (Å²) in [5.41, 5.74) is 7.60. The smallest absolute Gasteiger partial charge is 0.254 e. The number of amides is 3. The lowest BCUT2D eigenvalue weighted by Crippen LogP contribution is -2.74. The third-order valence-electron chi connectivity index (χ3n) is 8.07. The number of rotatable bonds is 7. The molecule has 0 spiro atoms. The van der Waals surface area contributed by atoms with Crippen LogP contribution in [-0.2, 0) is 0 Å². The van der Waals surface area contributed by atoms with Crippen molar-refractivity contribution in [3.05, 3.63) is 34.9 Å². The maximum atomic E-state index is 13.3. The number of hydrogen-bond donors (Lipinski definition) is 6. The van der Waals surface area contributed by atoms with Crippen molar-refractivity contribution in [2.75, 3.05) is 13.6 Å². The van der Waals surface area contributed by atoms with Gasteiger partial charge in [-0.15, -0.1) is 0 Å². The molecule has 6 N–H and O–H groups in total. The average molecular weight is 499 g/mol. The summed E-state index contributed by atoms with van der Waals surface area (Å²) in [4.78, 5) is 38.2. The fraction of sp³-hybridized carbons (Fsp3) is 0.667. The van der Waals surface area contributed by atoms with Crippen molar-refractivity contribution in [3.63, 3.8) is 0 Å². The van der Waals surface area contributed by atoms with Gasteiger partial charge in [-0.25, -0.2) is 5.43 Å². The zero-order chi connectivity index (χ0) is 25.5. The predicted octanol–water partition coefficient (Wildman–Crippen LogP) is 2.40. The minimum atomic E-state index is -0.468. The van der Waals surface area contributed by atoms with Crippen LogP contribution in [-0.4, -0.2) is 49.7 Å². The molecule has 36 heavy (non-hydrogen) atoms. The minimum Gasteiger partial charge on any atom is -0.355 e. The molecule has 2 aliphatic carbocycles. The van der Waals surface area contributed by atoms with Gasteiger partial charge in [0.05, 0.1) is 11.1 Å². The van der Waals surface area contributed by atoms with Crippen LogP contribution >= 0.6 is 0 Å². The Labute approximate surface area is 214 Å². The summed E-state index contributed by atoms with van der Waals surface area (Å²) in [5.74, 6) is 0.146. The van der Waals surface area contributed by atoms with Gasteiger partial charge in [-0.1, -0.05) is 38.5 Å². The van der Waals surface area contributed by atoms with Crippen LogP contribution in [0, 0.1) is 11.8 Å². The van der Waals surface area contributed by atoms with Gasteiger partial charge in [-0.05, 0) is 62.6 Å². The summed E-state index contributed by atoms with van der Waals surface area (Å²) in [7, 11) is 1.51. The quantitative estimate of drug-likeness (QED) is 0.343. The molecule has 4 rings (SSSR count). The lowest BCUT2D eigenvalue weighted by molar-refractivity contribution is 0.0654. The van der Waals surface area contributed by atoms with E-state index in [1.165, 1.54) is 77.3 Å². The SMILES string of the molecule is CCNC(=O)c1ccc(C(=O)NC2NNC(C3CCCCC3)C(C3CCCCC3)N2)c(C(=O)NC)c1. The van der Waals surface area contributed by atoms with Crippen LogP contribution in [0.15, 0.2) is 18.2 Å². The van der Waals surface area contributed by atoms with E-state index in [1.807, 2.05) is 6.92 Å². The zero-order valence-electron chi connectivity index (χ0n) is 21.6. The van der Waals surface area contributed by atoms with E-state index in [0.29, 0.717) is 30.0 Å². The fourth-order valence-electron chi connectivity index (χ4n) is 6.19. The highest BCUT2D eigenvalue weighted by Crippen LogP contribution is 2.34. The van der Waals surface area contributed by atoms with Crippen LogP contribution in [0.4, 0.5) is 0 Å². The van der Waals surface area contributed by atoms with E-state index < -0.39 is 12.2 Å². The van der Waals surface area contributed by atoms with Crippen LogP contribution in [0.1, 0.15) is 102 Å². The van der Waals surface area contributed by atoms with Crippen molar-refractivity contribution in [1.82, 2.24) is 32.1 Å². The third-order valence-corrected chi connectivity index (χ3v) is 8.07. The first kappa shape index (κ1) is 26.6. The van der Waals surface area contributed by atoms with Gasteiger partial charge in [0.2, 0.25) is 0 Å². The summed E-state index contributed by atoms with van der Waals surface area (Å²) < 4.78 is 0. The standard InChI is InChI=1S/C27H42N6O3/c1-3-29-24(34)19-14-15-20(21(16-19)25(35)28-2)26(36)31-27-30-22(17-10-6-4-7-11-17)23(32-33-27)18-12-8-5-9-13-18/h14-18,22-23,27,30,32-33H,3-13H2,1-2H3,(H,28,35)(H,29,34)(H,31,36). The van der Waals surface area contributed by atoms with Gasteiger partial charge in [0.15, 0.2) is 0 Å². The molecule has 198 valence electrons. The molecule has 2 saturated carbocycles. The highest BCUT2D eigenvalue weighted by atomic mass is 16.2. The van der Waals surface area contributed by atoms with E-state index in [4.69, 9.17) is 0 Å². The van der Waals surface area contributed by atoms with Crippen molar-refractivity contribution in [3.8, 4) is 0 Å². The number of hydrogen-bond acceptors (Lipinski definition) is 6. The van der Waals surface area contributed by atoms with Gasteiger partial charge >= 0.3 is 0 Å². The van der Waals surface area contributed by atoms with Crippen molar-refractivity contribution in [2.24, 2.45) is 11.8 Å². The number of nitrogens with one attached hydrogen (secondary N) is 6. The summed E-state index contributed by atoms with van der Waals surface area (Å²) in [6.45, 7) is 2.31. The molecular weight excluding hydrogens is 456 g/mol. The van der Waals surface area contributed by atoms with E-state index >= 15 is 0 Å². The largest absolute Gasteiger partial charge is 0.355 e. The molecule has 0 radical (unpaired) electrons. The van der Waals surface area contributed by atoms with E-state index in [0.717, 1.165) is 0 Å². The minimum absolute atomic E-state index is 0.173. The van der Waals surface area contributed by atoms with Crippen molar-refractivity contribution in [2.45, 2.75) is 89.5 Å². The Morgan fingerprint density at radius 1 is 0.806 bits per heavy atom. The lowest BCUT2D eigenvalue weighted by atomic mass is 9.74. The first-order valence-electron chi connectivity index (χ1n) is 13.7. The Kier molecular flexibility index (Phi) is 9.34. The Hall–Kier alpha value is -2.49. The average Bonchev–Trinajstić information content (AvgIpc) is 2.93. The second-order valence-corrected chi connectivity index (χ2v) is 10.4. The molecule has 1 aromatic carbocycles. The van der Waals surface area contributed by atoms with Gasteiger partial charge in [0, 0.05) is 31.2 Å². The summed E-state index contributed by atoms with van der Waals surface area (Å²) in [6.07, 6.45) is 12.2. The van der Waals surface area contributed by atoms with E-state index in [9.17, 15) is 14.4 Å². The molecule has 9 nitrogen and oxygen atoms in total. The Morgan fingerprint density at radius 3 is 2.06 bits per heavy atom. The Morgan fingerprint density at radius 2 is 1.44 bits per heavy atom. The van der Waals surface area contributed by atoms with Gasteiger partial charge in [-0.2, -0.15) is 0 Å². The highest BCUT2D eigenvalue weighted by molar-refractivity contribution is 6.09. The maximum absolute atomic E-state index is 13.3. The van der Waals surface area contributed by atoms with Crippen molar-refractivity contribution >= 4 is 17.7 Å². The second-order valence-electron chi connectivity index (χ2n) is 10.4. The first-order chi connectivity index (χ1) is 17.5. The van der Waals surface area contributed by atoms with Gasteiger partial charge < -0.3 is 16.0 Å². The number of carbonyl (C=O) groups is 3. The summed E-state index contributed by atoms with van der Waals surface area (Å²) in [5, 5.41) is 12.0. The predicted molar refractivity (Wildman–Crippen MR) is 139 cm³/mol. The third kappa shape index (κ3) is 6.25. The molecule has 3 fully saturated rings. The number of carbonyl (C=O) groups excluding carboxylic acids is 3. The molecule has 1 aromatic rings. The molecule has 3 atom stereocenters. The normalized spacial score (nSPS) is 25.7. The van der Waals surface area contributed by atoms with Crippen LogP contribution in [0.25, 0.3) is 0 Å². The van der Waals surface area contributed by atoms with E-state index in [1.54, 1.807) is 12.1 Å². The summed E-state index contributed by atoms with van der Waals surface area (Å²) >= 11 is 0. The summed E-state index contributed by atoms with van der Waals surface area (Å²) in [6, 6.07) is 5.21. The Balaban J connectivity index is 1.49. The van der Waals surface area contributed by atoms with Crippen molar-refractivity contribution < 1.29 is 14.4 Å². The van der Waals surface area contributed by atoms with E-state index in [-0.39, 0.29) is 29.0 Å². The van der Waals surface area contributed by atoms with Crippen LogP contribution < -0.4 is 32.1 Å². The molecule has 9 heteroatoms. The monoisotopic (exact) mass is 498 g/mol. The van der Waals surface area contributed by atoms with Crippen LogP contribution in [0.2, 0.25) is 0 Å². The van der Waals surface area contributed by atoms with Crippen LogP contribution in [0.3, 0.4) is 0 Å². The Bertz CT molecular complexity index is 926.